The van der Waals surface area contributed by atoms with Crippen LogP contribution in [0.2, 0.25) is 0 Å². The number of carbonyl (C=O) groups excluding carboxylic acids is 1. The fourth-order valence-electron chi connectivity index (χ4n) is 4.19. The number of aliphatic hydroxyl groups excluding tert-OH is 1. The van der Waals surface area contributed by atoms with Crippen molar-refractivity contribution in [2.45, 2.75) is 19.4 Å². The molecule has 176 valence electrons. The highest BCUT2D eigenvalue weighted by atomic mass is 16.5. The minimum absolute atomic E-state index is 0.192. The third-order valence-electron chi connectivity index (χ3n) is 6.14. The van der Waals surface area contributed by atoms with E-state index in [1.165, 1.54) is 6.92 Å². The largest absolute Gasteiger partial charge is 0.464 e. The highest BCUT2D eigenvalue weighted by Gasteiger charge is 2.23. The monoisotopic (exact) mass is 461 g/mol. The van der Waals surface area contributed by atoms with E-state index in [9.17, 15) is 9.90 Å². The van der Waals surface area contributed by atoms with E-state index >= 15 is 0 Å². The maximum Gasteiger partial charge on any atom is 0.251 e. The summed E-state index contributed by atoms with van der Waals surface area (Å²) in [5, 5.41) is 17.4. The second-order valence-electron chi connectivity index (χ2n) is 8.47. The van der Waals surface area contributed by atoms with E-state index in [4.69, 9.17) is 9.15 Å². The molecule has 4 aromatic rings. The number of pyridine rings is 1. The van der Waals surface area contributed by atoms with E-state index in [2.05, 4.69) is 20.1 Å². The van der Waals surface area contributed by atoms with Gasteiger partial charge >= 0.3 is 0 Å². The summed E-state index contributed by atoms with van der Waals surface area (Å²) in [5.41, 5.74) is 3.76. The maximum atomic E-state index is 11.9. The van der Waals surface area contributed by atoms with Gasteiger partial charge in [-0.25, -0.2) is 4.98 Å². The fraction of sp³-hybridized carbons (Fsp3) is 0.320. The first-order valence-electron chi connectivity index (χ1n) is 11.4. The molecule has 0 aliphatic carbocycles. The average Bonchev–Trinajstić information content (AvgIpc) is 3.53. The number of nitrogens with one attached hydrogen (secondary N) is 1. The number of carbonyl (C=O) groups is 1. The van der Waals surface area contributed by atoms with Crippen LogP contribution in [0.4, 0.5) is 0 Å². The predicted molar refractivity (Wildman–Crippen MR) is 127 cm³/mol. The Morgan fingerprint density at radius 3 is 2.76 bits per heavy atom. The van der Waals surface area contributed by atoms with Crippen molar-refractivity contribution < 1.29 is 19.1 Å². The number of aromatic nitrogens is 3. The minimum atomic E-state index is -0.935. The lowest BCUT2D eigenvalue weighted by Gasteiger charge is -2.35. The molecule has 34 heavy (non-hydrogen) atoms. The molecule has 1 aromatic carbocycles. The van der Waals surface area contributed by atoms with Gasteiger partial charge in [0.15, 0.2) is 0 Å². The maximum absolute atomic E-state index is 11.9. The number of nitrogens with zero attached hydrogens (tertiary/aromatic N) is 4. The Balaban J connectivity index is 1.18. The van der Waals surface area contributed by atoms with Crippen LogP contribution in [-0.2, 0) is 11.2 Å². The second kappa shape index (κ2) is 9.66. The zero-order valence-electron chi connectivity index (χ0n) is 19.0. The summed E-state index contributed by atoms with van der Waals surface area (Å²) in [6.45, 7) is 5.30. The van der Waals surface area contributed by atoms with Gasteiger partial charge in [0.2, 0.25) is 5.88 Å². The number of rotatable bonds is 7. The summed E-state index contributed by atoms with van der Waals surface area (Å²) in [5.74, 6) is 0.971. The molecule has 0 saturated carbocycles. The molecule has 1 aliphatic heterocycles. The number of aromatic amines is 1. The number of benzene rings is 1. The number of fused-ring (bicyclic) bond motifs is 1. The molecule has 0 spiro atoms. The van der Waals surface area contributed by atoms with Crippen molar-refractivity contribution in [3.63, 3.8) is 0 Å². The molecule has 5 rings (SSSR count). The van der Waals surface area contributed by atoms with E-state index in [0.29, 0.717) is 24.7 Å². The molecule has 1 fully saturated rings. The molecule has 1 atom stereocenters. The van der Waals surface area contributed by atoms with E-state index in [0.717, 1.165) is 53.8 Å². The van der Waals surface area contributed by atoms with Crippen LogP contribution >= 0.6 is 0 Å². The summed E-state index contributed by atoms with van der Waals surface area (Å²) in [7, 11) is 0. The molecule has 2 N–H and O–H groups in total. The minimum Gasteiger partial charge on any atom is -0.464 e. The lowest BCUT2D eigenvalue weighted by molar-refractivity contribution is -0.141. The van der Waals surface area contributed by atoms with Crippen molar-refractivity contribution in [1.82, 2.24) is 25.0 Å². The molecule has 0 radical (unpaired) electrons. The lowest BCUT2D eigenvalue weighted by Crippen LogP contribution is -2.51. The fourth-order valence-corrected chi connectivity index (χ4v) is 4.19. The van der Waals surface area contributed by atoms with Crippen LogP contribution in [-0.4, -0.2) is 74.8 Å². The van der Waals surface area contributed by atoms with Gasteiger partial charge in [-0.3, -0.25) is 14.8 Å². The quantitative estimate of drug-likeness (QED) is 0.435. The Kier molecular flexibility index (Phi) is 6.29. The molecule has 3 aromatic heterocycles. The number of amides is 1. The molecular formula is C25H27N5O4. The van der Waals surface area contributed by atoms with Crippen LogP contribution in [0.5, 0.6) is 11.6 Å². The molecule has 0 bridgehead atoms. The molecule has 9 heteroatoms. The topological polar surface area (TPSA) is 108 Å². The molecule has 9 nitrogen and oxygen atoms in total. The zero-order chi connectivity index (χ0) is 23.5. The van der Waals surface area contributed by atoms with Crippen molar-refractivity contribution in [2.75, 3.05) is 32.7 Å². The summed E-state index contributed by atoms with van der Waals surface area (Å²) in [6.07, 6.45) is 5.17. The Morgan fingerprint density at radius 2 is 2.06 bits per heavy atom. The van der Waals surface area contributed by atoms with E-state index in [1.807, 2.05) is 36.4 Å². The smallest absolute Gasteiger partial charge is 0.251 e. The Labute approximate surface area is 197 Å². The van der Waals surface area contributed by atoms with Crippen molar-refractivity contribution >= 4 is 16.9 Å². The van der Waals surface area contributed by atoms with E-state index in [-0.39, 0.29) is 5.91 Å². The number of furan rings is 1. The zero-order valence-corrected chi connectivity index (χ0v) is 19.0. The normalized spacial score (nSPS) is 15.5. The van der Waals surface area contributed by atoms with Crippen molar-refractivity contribution in [2.24, 2.45) is 0 Å². The number of ether oxygens (including phenoxy) is 1. The first-order chi connectivity index (χ1) is 16.6. The van der Waals surface area contributed by atoms with Crippen molar-refractivity contribution in [1.29, 1.82) is 0 Å². The summed E-state index contributed by atoms with van der Waals surface area (Å²) in [4.78, 5) is 20.4. The second-order valence-corrected chi connectivity index (χ2v) is 8.47. The first-order valence-corrected chi connectivity index (χ1v) is 11.4. The van der Waals surface area contributed by atoms with Gasteiger partial charge < -0.3 is 19.2 Å². The Morgan fingerprint density at radius 1 is 1.21 bits per heavy atom. The number of piperazine rings is 1. The van der Waals surface area contributed by atoms with Gasteiger partial charge in [0, 0.05) is 68.2 Å². The highest BCUT2D eigenvalue weighted by molar-refractivity contribution is 5.82. The van der Waals surface area contributed by atoms with Gasteiger partial charge in [-0.1, -0.05) is 0 Å². The molecular weight excluding hydrogens is 434 g/mol. The van der Waals surface area contributed by atoms with Crippen molar-refractivity contribution in [3.05, 3.63) is 60.6 Å². The Hall–Kier alpha value is -3.69. The van der Waals surface area contributed by atoms with Crippen LogP contribution in [0.25, 0.3) is 22.2 Å². The van der Waals surface area contributed by atoms with Crippen LogP contribution in [0.1, 0.15) is 12.5 Å². The first kappa shape index (κ1) is 22.1. The standard InChI is InChI=1S/C25H27N5O4/c1-17(31)25(32)30-12-10-29(11-13-30)9-7-19-16-33-23-14-20(3-4-21(19)23)34-24-5-2-18(15-26-24)22-6-8-27-28-22/h2-6,8,14-17,31H,7,9-13H2,1H3,(H,27,28)/t17-/m1/s1. The third kappa shape index (κ3) is 4.80. The summed E-state index contributed by atoms with van der Waals surface area (Å²) >= 11 is 0. The Bertz CT molecular complexity index is 1240. The number of aliphatic hydroxyl groups is 1. The van der Waals surface area contributed by atoms with Gasteiger partial charge in [0.25, 0.3) is 5.91 Å². The van der Waals surface area contributed by atoms with Gasteiger partial charge in [-0.05, 0) is 43.2 Å². The average molecular weight is 462 g/mol. The SMILES string of the molecule is C[C@@H](O)C(=O)N1CCN(CCc2coc3cc(Oc4ccc(-c5ccn[nH]5)cn4)ccc23)CC1. The van der Waals surface area contributed by atoms with Crippen LogP contribution in [0.3, 0.4) is 0 Å². The van der Waals surface area contributed by atoms with Crippen molar-refractivity contribution in [3.8, 4) is 22.9 Å². The molecule has 1 amide bonds. The molecule has 1 saturated heterocycles. The highest BCUT2D eigenvalue weighted by Crippen LogP contribution is 2.29. The summed E-state index contributed by atoms with van der Waals surface area (Å²) in [6, 6.07) is 11.5. The van der Waals surface area contributed by atoms with Gasteiger partial charge in [0.1, 0.15) is 17.4 Å². The van der Waals surface area contributed by atoms with Crippen LogP contribution in [0, 0.1) is 0 Å². The van der Waals surface area contributed by atoms with Gasteiger partial charge in [-0.15, -0.1) is 0 Å². The van der Waals surface area contributed by atoms with E-state index in [1.54, 1.807) is 23.6 Å². The third-order valence-corrected chi connectivity index (χ3v) is 6.14. The van der Waals surface area contributed by atoms with Gasteiger partial charge in [0.05, 0.1) is 12.0 Å². The lowest BCUT2D eigenvalue weighted by atomic mass is 10.1. The van der Waals surface area contributed by atoms with Gasteiger partial charge in [-0.2, -0.15) is 5.10 Å². The molecule has 0 unspecified atom stereocenters. The number of H-pyrrole nitrogens is 1. The summed E-state index contributed by atoms with van der Waals surface area (Å²) < 4.78 is 11.7. The molecule has 4 heterocycles. The predicted octanol–water partition coefficient (Wildman–Crippen LogP) is 3.08. The molecule has 1 aliphatic rings. The number of hydrogen-bond acceptors (Lipinski definition) is 7. The van der Waals surface area contributed by atoms with Crippen LogP contribution < -0.4 is 4.74 Å². The van der Waals surface area contributed by atoms with Crippen LogP contribution in [0.15, 0.2) is 59.5 Å². The number of hydrogen-bond donors (Lipinski definition) is 2. The van der Waals surface area contributed by atoms with E-state index < -0.39 is 6.10 Å².